The van der Waals surface area contributed by atoms with Crippen molar-refractivity contribution in [2.75, 3.05) is 5.32 Å². The summed E-state index contributed by atoms with van der Waals surface area (Å²) in [6.07, 6.45) is -0.573. The molecule has 1 amide bonds. The van der Waals surface area contributed by atoms with E-state index in [2.05, 4.69) is 5.32 Å². The Hall–Kier alpha value is -1.06. The second-order valence-corrected chi connectivity index (χ2v) is 4.26. The van der Waals surface area contributed by atoms with E-state index >= 15 is 0 Å². The summed E-state index contributed by atoms with van der Waals surface area (Å²) in [6.45, 7) is 3.50. The van der Waals surface area contributed by atoms with E-state index in [1.165, 1.54) is 0 Å². The Balaban J connectivity index is 2.57. The van der Waals surface area contributed by atoms with Crippen LogP contribution in [0.2, 0.25) is 5.02 Å². The highest BCUT2D eigenvalue weighted by molar-refractivity contribution is 6.34. The van der Waals surface area contributed by atoms with Gasteiger partial charge in [0.25, 0.3) is 0 Å². The van der Waals surface area contributed by atoms with Crippen LogP contribution in [-0.2, 0) is 4.79 Å². The molecule has 4 heteroatoms. The number of nitrogens with one attached hydrogen (secondary N) is 1. The molecule has 0 saturated heterocycles. The molecular formula is C11H12ClNO2. The monoisotopic (exact) mass is 225 g/mol. The fourth-order valence-electron chi connectivity index (χ4n) is 1.74. The van der Waals surface area contributed by atoms with Crippen LogP contribution in [0.15, 0.2) is 12.1 Å². The van der Waals surface area contributed by atoms with Crippen LogP contribution in [-0.4, -0.2) is 11.0 Å². The zero-order chi connectivity index (χ0) is 11.2. The molecule has 2 unspecified atom stereocenters. The molecule has 1 aromatic carbocycles. The number of benzene rings is 1. The Labute approximate surface area is 93.1 Å². The van der Waals surface area contributed by atoms with Gasteiger partial charge in [-0.05, 0) is 31.0 Å². The molecule has 15 heavy (non-hydrogen) atoms. The number of aliphatic hydroxyl groups excluding tert-OH is 1. The molecule has 1 aliphatic heterocycles. The number of rotatable bonds is 1. The van der Waals surface area contributed by atoms with Crippen molar-refractivity contribution < 1.29 is 9.90 Å². The lowest BCUT2D eigenvalue weighted by Crippen LogP contribution is -2.08. The van der Waals surface area contributed by atoms with Crippen molar-refractivity contribution in [2.45, 2.75) is 25.9 Å². The van der Waals surface area contributed by atoms with Gasteiger partial charge >= 0.3 is 0 Å². The van der Waals surface area contributed by atoms with Crippen molar-refractivity contribution in [1.82, 2.24) is 0 Å². The maximum atomic E-state index is 11.4. The van der Waals surface area contributed by atoms with Crippen LogP contribution in [0.3, 0.4) is 0 Å². The van der Waals surface area contributed by atoms with Gasteiger partial charge in [-0.2, -0.15) is 0 Å². The summed E-state index contributed by atoms with van der Waals surface area (Å²) < 4.78 is 0. The summed E-state index contributed by atoms with van der Waals surface area (Å²) in [5.41, 5.74) is 2.28. The Bertz CT molecular complexity index is 429. The van der Waals surface area contributed by atoms with Gasteiger partial charge in [-0.15, -0.1) is 0 Å². The molecule has 0 fully saturated rings. The molecule has 0 aliphatic carbocycles. The van der Waals surface area contributed by atoms with Gasteiger partial charge in [0.2, 0.25) is 5.91 Å². The number of carbonyl (C=O) groups excluding carboxylic acids is 1. The number of carbonyl (C=O) groups is 1. The third-order valence-corrected chi connectivity index (χ3v) is 3.03. The number of anilines is 1. The van der Waals surface area contributed by atoms with E-state index in [1.54, 1.807) is 13.0 Å². The van der Waals surface area contributed by atoms with Gasteiger partial charge in [0.15, 0.2) is 0 Å². The predicted molar refractivity (Wildman–Crippen MR) is 59.1 cm³/mol. The topological polar surface area (TPSA) is 49.3 Å². The zero-order valence-electron chi connectivity index (χ0n) is 8.54. The van der Waals surface area contributed by atoms with Crippen LogP contribution in [0.1, 0.15) is 37.0 Å². The lowest BCUT2D eigenvalue weighted by Gasteiger charge is -2.09. The molecule has 2 atom stereocenters. The standard InChI is InChI=1S/C11H12ClNO2/c1-5-8-3-7(6(2)14)4-9(12)10(8)13-11(5)15/h3-6,14H,1-2H3,(H,13,15). The molecular weight excluding hydrogens is 214 g/mol. The minimum Gasteiger partial charge on any atom is -0.389 e. The Morgan fingerprint density at radius 1 is 1.53 bits per heavy atom. The number of aliphatic hydroxyl groups is 1. The molecule has 1 aliphatic rings. The Kier molecular flexibility index (Phi) is 2.44. The SMILES string of the molecule is CC(O)c1cc(Cl)c2c(c1)C(C)C(=O)N2. The Morgan fingerprint density at radius 3 is 2.80 bits per heavy atom. The van der Waals surface area contributed by atoms with Crippen molar-refractivity contribution in [3.8, 4) is 0 Å². The highest BCUT2D eigenvalue weighted by atomic mass is 35.5. The first-order chi connectivity index (χ1) is 7.00. The molecule has 80 valence electrons. The van der Waals surface area contributed by atoms with E-state index in [0.29, 0.717) is 10.7 Å². The second kappa shape index (κ2) is 3.51. The van der Waals surface area contributed by atoms with Gasteiger partial charge in [-0.25, -0.2) is 0 Å². The number of fused-ring (bicyclic) bond motifs is 1. The molecule has 0 aromatic heterocycles. The summed E-state index contributed by atoms with van der Waals surface area (Å²) in [4.78, 5) is 11.4. The molecule has 2 N–H and O–H groups in total. The van der Waals surface area contributed by atoms with E-state index in [1.807, 2.05) is 13.0 Å². The predicted octanol–water partition coefficient (Wildman–Crippen LogP) is 2.45. The number of hydrogen-bond acceptors (Lipinski definition) is 2. The minimum atomic E-state index is -0.573. The third kappa shape index (κ3) is 1.62. The zero-order valence-corrected chi connectivity index (χ0v) is 9.30. The van der Waals surface area contributed by atoms with E-state index < -0.39 is 6.10 Å². The molecule has 1 aromatic rings. The highest BCUT2D eigenvalue weighted by Crippen LogP contribution is 2.39. The van der Waals surface area contributed by atoms with Crippen LogP contribution in [0.25, 0.3) is 0 Å². The van der Waals surface area contributed by atoms with Gasteiger partial charge in [0, 0.05) is 0 Å². The molecule has 2 rings (SSSR count). The van der Waals surface area contributed by atoms with E-state index in [0.717, 1.165) is 11.1 Å². The molecule has 0 radical (unpaired) electrons. The van der Waals surface area contributed by atoms with Gasteiger partial charge in [-0.1, -0.05) is 17.7 Å². The first kappa shape index (κ1) is 10.5. The first-order valence-electron chi connectivity index (χ1n) is 4.83. The van der Waals surface area contributed by atoms with Gasteiger partial charge < -0.3 is 10.4 Å². The van der Waals surface area contributed by atoms with Crippen LogP contribution in [0.4, 0.5) is 5.69 Å². The lowest BCUT2D eigenvalue weighted by molar-refractivity contribution is -0.116. The van der Waals surface area contributed by atoms with Crippen molar-refractivity contribution >= 4 is 23.2 Å². The van der Waals surface area contributed by atoms with Gasteiger partial charge in [-0.3, -0.25) is 4.79 Å². The maximum Gasteiger partial charge on any atom is 0.231 e. The van der Waals surface area contributed by atoms with Gasteiger partial charge in [0.05, 0.1) is 22.7 Å². The van der Waals surface area contributed by atoms with Crippen molar-refractivity contribution in [1.29, 1.82) is 0 Å². The summed E-state index contributed by atoms with van der Waals surface area (Å²) >= 11 is 6.02. The fraction of sp³-hybridized carbons (Fsp3) is 0.364. The quantitative estimate of drug-likeness (QED) is 0.771. The van der Waals surface area contributed by atoms with Crippen LogP contribution in [0.5, 0.6) is 0 Å². The van der Waals surface area contributed by atoms with Crippen LogP contribution < -0.4 is 5.32 Å². The van der Waals surface area contributed by atoms with Crippen molar-refractivity contribution in [3.63, 3.8) is 0 Å². The molecule has 3 nitrogen and oxygen atoms in total. The number of hydrogen-bond donors (Lipinski definition) is 2. The molecule has 1 heterocycles. The van der Waals surface area contributed by atoms with Crippen LogP contribution >= 0.6 is 11.6 Å². The van der Waals surface area contributed by atoms with Crippen molar-refractivity contribution in [2.24, 2.45) is 0 Å². The van der Waals surface area contributed by atoms with E-state index in [9.17, 15) is 9.90 Å². The van der Waals surface area contributed by atoms with Crippen LogP contribution in [0, 0.1) is 0 Å². The molecule has 0 spiro atoms. The normalized spacial score (nSPS) is 21.1. The lowest BCUT2D eigenvalue weighted by atomic mass is 9.99. The third-order valence-electron chi connectivity index (χ3n) is 2.73. The fourth-order valence-corrected chi connectivity index (χ4v) is 2.02. The minimum absolute atomic E-state index is 0.0466. The smallest absolute Gasteiger partial charge is 0.231 e. The summed E-state index contributed by atoms with van der Waals surface area (Å²) in [6, 6.07) is 3.51. The first-order valence-corrected chi connectivity index (χ1v) is 5.20. The van der Waals surface area contributed by atoms with Gasteiger partial charge in [0.1, 0.15) is 0 Å². The van der Waals surface area contributed by atoms with E-state index in [-0.39, 0.29) is 11.8 Å². The molecule has 0 saturated carbocycles. The largest absolute Gasteiger partial charge is 0.389 e. The molecule has 0 bridgehead atoms. The average Bonchev–Trinajstić information content (AvgIpc) is 2.45. The summed E-state index contributed by atoms with van der Waals surface area (Å²) in [5, 5.41) is 12.7. The summed E-state index contributed by atoms with van der Waals surface area (Å²) in [7, 11) is 0. The van der Waals surface area contributed by atoms with E-state index in [4.69, 9.17) is 11.6 Å². The van der Waals surface area contributed by atoms with Crippen molar-refractivity contribution in [3.05, 3.63) is 28.3 Å². The maximum absolute atomic E-state index is 11.4. The number of halogens is 1. The second-order valence-electron chi connectivity index (χ2n) is 3.85. The number of amides is 1. The highest BCUT2D eigenvalue weighted by Gasteiger charge is 2.29. The average molecular weight is 226 g/mol. The summed E-state index contributed by atoms with van der Waals surface area (Å²) in [5.74, 6) is -0.245. The Morgan fingerprint density at radius 2 is 2.20 bits per heavy atom.